The van der Waals surface area contributed by atoms with Crippen molar-refractivity contribution in [2.24, 2.45) is 7.05 Å². The van der Waals surface area contributed by atoms with Crippen molar-refractivity contribution in [2.45, 2.75) is 26.9 Å². The van der Waals surface area contributed by atoms with Gasteiger partial charge in [-0.1, -0.05) is 12.1 Å². The van der Waals surface area contributed by atoms with Crippen LogP contribution >= 0.6 is 15.9 Å². The molecule has 0 aliphatic rings. The summed E-state index contributed by atoms with van der Waals surface area (Å²) in [4.78, 5) is 24.4. The molecule has 1 heterocycles. The molecule has 2 aromatic rings. The van der Waals surface area contributed by atoms with Crippen molar-refractivity contribution in [3.8, 4) is 0 Å². The minimum atomic E-state index is -0.923. The Morgan fingerprint density at radius 2 is 1.96 bits per heavy atom. The maximum atomic E-state index is 12.2. The minimum absolute atomic E-state index is 0.376. The third-order valence-electron chi connectivity index (χ3n) is 3.50. The molecule has 0 bridgehead atoms. The van der Waals surface area contributed by atoms with Crippen LogP contribution in [-0.4, -0.2) is 27.8 Å². The van der Waals surface area contributed by atoms with Crippen LogP contribution < -0.4 is 5.32 Å². The fraction of sp³-hybridized carbons (Fsp3) is 0.312. The molecule has 1 amide bonds. The molecule has 122 valence electrons. The normalized spacial score (nSPS) is 11.9. The summed E-state index contributed by atoms with van der Waals surface area (Å²) >= 11 is 3.29. The van der Waals surface area contributed by atoms with Crippen molar-refractivity contribution in [3.05, 3.63) is 45.7 Å². The fourth-order valence-electron chi connectivity index (χ4n) is 2.08. The first-order valence-corrected chi connectivity index (χ1v) is 7.87. The Bertz CT molecular complexity index is 755. The minimum Gasteiger partial charge on any atom is -0.449 e. The third-order valence-corrected chi connectivity index (χ3v) is 4.20. The molecular formula is C16H18BrN3O3. The van der Waals surface area contributed by atoms with Gasteiger partial charge in [0.15, 0.2) is 6.10 Å². The molecular weight excluding hydrogens is 362 g/mol. The lowest BCUT2D eigenvalue weighted by atomic mass is 10.2. The molecule has 0 unspecified atom stereocenters. The molecule has 0 saturated heterocycles. The summed E-state index contributed by atoms with van der Waals surface area (Å²) in [5, 5.41) is 6.99. The molecule has 0 fully saturated rings. The number of hydrogen-bond acceptors (Lipinski definition) is 4. The number of carbonyl (C=O) groups excluding carboxylic acids is 2. The molecule has 7 heteroatoms. The number of hydrogen-bond donors (Lipinski definition) is 1. The average molecular weight is 380 g/mol. The first kappa shape index (κ1) is 17.2. The van der Waals surface area contributed by atoms with E-state index in [-0.39, 0.29) is 0 Å². The van der Waals surface area contributed by atoms with E-state index in [2.05, 4.69) is 26.3 Å². The van der Waals surface area contributed by atoms with Gasteiger partial charge in [0.05, 0.1) is 22.6 Å². The maximum absolute atomic E-state index is 12.2. The quantitative estimate of drug-likeness (QED) is 0.828. The number of nitrogens with one attached hydrogen (secondary N) is 1. The Morgan fingerprint density at radius 1 is 1.30 bits per heavy atom. The lowest BCUT2D eigenvalue weighted by Gasteiger charge is -2.14. The number of aromatic nitrogens is 2. The van der Waals surface area contributed by atoms with Gasteiger partial charge in [0.25, 0.3) is 5.91 Å². The molecule has 0 aliphatic heterocycles. The van der Waals surface area contributed by atoms with Crippen molar-refractivity contribution >= 4 is 33.5 Å². The van der Waals surface area contributed by atoms with Crippen LogP contribution in [0.3, 0.4) is 0 Å². The highest BCUT2D eigenvalue weighted by atomic mass is 79.9. The van der Waals surface area contributed by atoms with Crippen molar-refractivity contribution in [3.63, 3.8) is 0 Å². The molecule has 1 N–H and O–H groups in total. The molecule has 0 spiro atoms. The number of nitrogens with zero attached hydrogens (tertiary/aromatic N) is 2. The molecule has 0 radical (unpaired) electrons. The Hall–Kier alpha value is -2.15. The lowest BCUT2D eigenvalue weighted by molar-refractivity contribution is -0.123. The number of rotatable bonds is 4. The van der Waals surface area contributed by atoms with Crippen LogP contribution in [0.4, 0.5) is 5.69 Å². The molecule has 0 aliphatic carbocycles. The van der Waals surface area contributed by atoms with Crippen LogP contribution in [0.2, 0.25) is 0 Å². The number of ether oxygens (including phenoxy) is 1. The van der Waals surface area contributed by atoms with Crippen LogP contribution in [0.25, 0.3) is 0 Å². The largest absolute Gasteiger partial charge is 0.449 e. The topological polar surface area (TPSA) is 73.2 Å². The van der Waals surface area contributed by atoms with Crippen molar-refractivity contribution in [1.82, 2.24) is 9.78 Å². The molecule has 1 atom stereocenters. The summed E-state index contributed by atoms with van der Waals surface area (Å²) in [6.07, 6.45) is -0.923. The van der Waals surface area contributed by atoms with Crippen LogP contribution in [0.1, 0.15) is 28.7 Å². The highest BCUT2D eigenvalue weighted by molar-refractivity contribution is 9.10. The Balaban J connectivity index is 2.06. The highest BCUT2D eigenvalue weighted by Gasteiger charge is 2.22. The maximum Gasteiger partial charge on any atom is 0.340 e. The van der Waals surface area contributed by atoms with Crippen LogP contribution in [-0.2, 0) is 16.6 Å². The van der Waals surface area contributed by atoms with Gasteiger partial charge in [-0.2, -0.15) is 5.10 Å². The second-order valence-electron chi connectivity index (χ2n) is 5.19. The van der Waals surface area contributed by atoms with E-state index < -0.39 is 18.0 Å². The standard InChI is InChI=1S/C16H18BrN3O3/c1-9-14(10(2)20(4)19-9)18-15(21)11(3)23-16(22)12-7-5-6-8-13(12)17/h5-8,11H,1-4H3,(H,18,21)/t11-/m0/s1. The van der Waals surface area contributed by atoms with Crippen molar-refractivity contribution in [2.75, 3.05) is 5.32 Å². The van der Waals surface area contributed by atoms with E-state index >= 15 is 0 Å². The number of carbonyl (C=O) groups is 2. The van der Waals surface area contributed by atoms with Gasteiger partial charge in [-0.05, 0) is 48.8 Å². The van der Waals surface area contributed by atoms with Gasteiger partial charge in [-0.3, -0.25) is 9.48 Å². The summed E-state index contributed by atoms with van der Waals surface area (Å²) in [5.41, 5.74) is 2.56. The predicted octanol–water partition coefficient (Wildman–Crippen LogP) is 2.98. The van der Waals surface area contributed by atoms with E-state index in [1.165, 1.54) is 6.92 Å². The monoisotopic (exact) mass is 379 g/mol. The number of aryl methyl sites for hydroxylation is 2. The smallest absolute Gasteiger partial charge is 0.340 e. The van der Waals surface area contributed by atoms with E-state index in [9.17, 15) is 9.59 Å². The lowest BCUT2D eigenvalue weighted by Crippen LogP contribution is -2.30. The summed E-state index contributed by atoms with van der Waals surface area (Å²) in [6.45, 7) is 5.19. The van der Waals surface area contributed by atoms with Crippen LogP contribution in [0, 0.1) is 13.8 Å². The molecule has 0 saturated carbocycles. The van der Waals surface area contributed by atoms with Gasteiger partial charge < -0.3 is 10.1 Å². The summed E-state index contributed by atoms with van der Waals surface area (Å²) < 4.78 is 7.53. The molecule has 1 aromatic heterocycles. The number of esters is 1. The SMILES string of the molecule is Cc1nn(C)c(C)c1NC(=O)[C@H](C)OC(=O)c1ccccc1Br. The highest BCUT2D eigenvalue weighted by Crippen LogP contribution is 2.20. The molecule has 1 aromatic carbocycles. The molecule has 6 nitrogen and oxygen atoms in total. The summed E-state index contributed by atoms with van der Waals surface area (Å²) in [5.74, 6) is -0.954. The van der Waals surface area contributed by atoms with Gasteiger partial charge in [0.2, 0.25) is 0 Å². The number of anilines is 1. The zero-order chi connectivity index (χ0) is 17.1. The second kappa shape index (κ2) is 6.95. The fourth-order valence-corrected chi connectivity index (χ4v) is 2.53. The average Bonchev–Trinajstić information content (AvgIpc) is 2.73. The Labute approximate surface area is 143 Å². The molecule has 2 rings (SSSR count). The summed E-state index contributed by atoms with van der Waals surface area (Å²) in [7, 11) is 1.80. The molecule has 23 heavy (non-hydrogen) atoms. The first-order valence-electron chi connectivity index (χ1n) is 7.07. The third kappa shape index (κ3) is 3.79. The van der Waals surface area contributed by atoms with Crippen molar-refractivity contribution in [1.29, 1.82) is 0 Å². The van der Waals surface area contributed by atoms with Crippen LogP contribution in [0.5, 0.6) is 0 Å². The van der Waals surface area contributed by atoms with E-state index in [4.69, 9.17) is 4.74 Å². The Morgan fingerprint density at radius 3 is 2.52 bits per heavy atom. The van der Waals surface area contributed by atoms with Gasteiger partial charge in [-0.25, -0.2) is 4.79 Å². The summed E-state index contributed by atoms with van der Waals surface area (Å²) in [6, 6.07) is 6.90. The van der Waals surface area contributed by atoms with Crippen LogP contribution in [0.15, 0.2) is 28.7 Å². The van der Waals surface area contributed by atoms with Gasteiger partial charge >= 0.3 is 5.97 Å². The number of amides is 1. The second-order valence-corrected chi connectivity index (χ2v) is 6.04. The van der Waals surface area contributed by atoms with E-state index in [1.54, 1.807) is 42.9 Å². The predicted molar refractivity (Wildman–Crippen MR) is 90.3 cm³/mol. The van der Waals surface area contributed by atoms with E-state index in [1.807, 2.05) is 6.92 Å². The first-order chi connectivity index (χ1) is 10.8. The van der Waals surface area contributed by atoms with Gasteiger partial charge in [-0.15, -0.1) is 0 Å². The number of benzene rings is 1. The van der Waals surface area contributed by atoms with Crippen molar-refractivity contribution < 1.29 is 14.3 Å². The number of halogens is 1. The van der Waals surface area contributed by atoms with E-state index in [0.29, 0.717) is 21.4 Å². The zero-order valence-corrected chi connectivity index (χ0v) is 15.0. The Kier molecular flexibility index (Phi) is 5.20. The zero-order valence-electron chi connectivity index (χ0n) is 13.4. The van der Waals surface area contributed by atoms with E-state index in [0.717, 1.165) is 5.69 Å². The van der Waals surface area contributed by atoms with Gasteiger partial charge in [0.1, 0.15) is 0 Å². The van der Waals surface area contributed by atoms with Gasteiger partial charge in [0, 0.05) is 11.5 Å².